The predicted octanol–water partition coefficient (Wildman–Crippen LogP) is 1.17. The van der Waals surface area contributed by atoms with E-state index in [1.54, 1.807) is 4.90 Å². The molecule has 1 aliphatic rings. The van der Waals surface area contributed by atoms with Crippen LogP contribution in [0.25, 0.3) is 0 Å². The molecule has 2 rings (SSSR count). The molecule has 0 N–H and O–H groups in total. The number of hydrogen-bond acceptors (Lipinski definition) is 6. The zero-order valence-electron chi connectivity index (χ0n) is 10.9. The average Bonchev–Trinajstić information content (AvgIpc) is 2.38. The van der Waals surface area contributed by atoms with Gasteiger partial charge in [-0.1, -0.05) is 0 Å². The Kier molecular flexibility index (Phi) is 3.76. The van der Waals surface area contributed by atoms with Gasteiger partial charge in [-0.25, -0.2) is 8.42 Å². The van der Waals surface area contributed by atoms with Gasteiger partial charge in [-0.3, -0.25) is 14.9 Å². The van der Waals surface area contributed by atoms with Crippen LogP contribution in [0.4, 0.5) is 11.4 Å². The summed E-state index contributed by atoms with van der Waals surface area (Å²) in [6.45, 7) is 0.859. The van der Waals surface area contributed by atoms with Crippen molar-refractivity contribution < 1.29 is 18.1 Å². The lowest BCUT2D eigenvalue weighted by atomic mass is 10.1. The molecule has 1 aromatic carbocycles. The minimum atomic E-state index is -3.58. The molecule has 0 radical (unpaired) electrons. The molecule has 1 heterocycles. The van der Waals surface area contributed by atoms with Crippen LogP contribution in [0.15, 0.2) is 23.1 Å². The van der Waals surface area contributed by atoms with E-state index in [-0.39, 0.29) is 16.4 Å². The van der Waals surface area contributed by atoms with Crippen molar-refractivity contribution in [2.24, 2.45) is 0 Å². The van der Waals surface area contributed by atoms with E-state index in [0.717, 1.165) is 12.3 Å². The molecule has 1 aliphatic heterocycles. The largest absolute Gasteiger partial charge is 0.370 e. The number of rotatable bonds is 3. The van der Waals surface area contributed by atoms with E-state index >= 15 is 0 Å². The summed E-state index contributed by atoms with van der Waals surface area (Å²) in [4.78, 5) is 23.1. The Hall–Kier alpha value is -1.96. The van der Waals surface area contributed by atoms with Crippen molar-refractivity contribution in [3.8, 4) is 0 Å². The Balaban J connectivity index is 2.47. The molecule has 0 aromatic heterocycles. The first kappa shape index (κ1) is 14.4. The Bertz CT molecular complexity index is 658. The number of benzene rings is 1. The fourth-order valence-electron chi connectivity index (χ4n) is 2.17. The van der Waals surface area contributed by atoms with E-state index in [2.05, 4.69) is 0 Å². The number of nitro groups is 1. The van der Waals surface area contributed by atoms with Crippen LogP contribution < -0.4 is 4.90 Å². The summed E-state index contributed by atoms with van der Waals surface area (Å²) in [5, 5.41) is 10.8. The molecule has 0 aliphatic carbocycles. The van der Waals surface area contributed by atoms with E-state index in [1.165, 1.54) is 12.1 Å². The lowest BCUT2D eigenvalue weighted by Gasteiger charge is -2.29. The Morgan fingerprint density at radius 3 is 2.35 bits per heavy atom. The smallest absolute Gasteiger partial charge is 0.270 e. The summed E-state index contributed by atoms with van der Waals surface area (Å²) in [7, 11) is -3.58. The minimum absolute atomic E-state index is 0.0685. The Morgan fingerprint density at radius 2 is 1.85 bits per heavy atom. The van der Waals surface area contributed by atoms with Gasteiger partial charge in [-0.05, 0) is 6.07 Å². The van der Waals surface area contributed by atoms with Crippen LogP contribution in [0, 0.1) is 10.1 Å². The Morgan fingerprint density at radius 1 is 1.25 bits per heavy atom. The van der Waals surface area contributed by atoms with Gasteiger partial charge in [-0.15, -0.1) is 0 Å². The molecule has 1 aromatic rings. The van der Waals surface area contributed by atoms with Gasteiger partial charge in [0, 0.05) is 44.3 Å². The number of carbonyl (C=O) groups excluding carboxylic acids is 1. The highest BCUT2D eigenvalue weighted by Gasteiger charge is 2.24. The third-order valence-electron chi connectivity index (χ3n) is 3.22. The lowest BCUT2D eigenvalue weighted by molar-refractivity contribution is -0.385. The number of non-ortho nitro benzene ring substituents is 1. The van der Waals surface area contributed by atoms with Crippen LogP contribution in [0.1, 0.15) is 12.8 Å². The predicted molar refractivity (Wildman–Crippen MR) is 72.7 cm³/mol. The van der Waals surface area contributed by atoms with Crippen LogP contribution in [0.3, 0.4) is 0 Å². The highest BCUT2D eigenvalue weighted by molar-refractivity contribution is 7.90. The van der Waals surface area contributed by atoms with Gasteiger partial charge >= 0.3 is 0 Å². The topological polar surface area (TPSA) is 97.6 Å². The standard InChI is InChI=1S/C12H14N2O5S/c1-20(18,19)12-8-9(14(16)17)2-3-11(12)13-6-4-10(15)5-7-13/h2-3,8H,4-7H2,1H3. The maximum Gasteiger partial charge on any atom is 0.270 e. The van der Waals surface area contributed by atoms with Crippen LogP contribution >= 0.6 is 0 Å². The number of Topliss-reactive ketones (excluding diaryl/α,β-unsaturated/α-hetero) is 1. The van der Waals surface area contributed by atoms with E-state index in [0.29, 0.717) is 31.6 Å². The van der Waals surface area contributed by atoms with Crippen molar-refractivity contribution in [1.29, 1.82) is 0 Å². The quantitative estimate of drug-likeness (QED) is 0.613. The summed E-state index contributed by atoms with van der Waals surface area (Å²) < 4.78 is 23.6. The van der Waals surface area contributed by atoms with Gasteiger partial charge in [0.2, 0.25) is 0 Å². The zero-order valence-corrected chi connectivity index (χ0v) is 11.7. The maximum atomic E-state index is 11.8. The van der Waals surface area contributed by atoms with Crippen LogP contribution in [0.5, 0.6) is 0 Å². The van der Waals surface area contributed by atoms with Crippen molar-refractivity contribution in [2.75, 3.05) is 24.2 Å². The van der Waals surface area contributed by atoms with E-state index in [4.69, 9.17) is 0 Å². The third-order valence-corrected chi connectivity index (χ3v) is 4.34. The molecule has 1 fully saturated rings. The van der Waals surface area contributed by atoms with Crippen molar-refractivity contribution >= 4 is 27.0 Å². The van der Waals surface area contributed by atoms with Crippen LogP contribution in [-0.2, 0) is 14.6 Å². The molecule has 8 heteroatoms. The second kappa shape index (κ2) is 5.20. The molecule has 0 amide bonds. The summed E-state index contributed by atoms with van der Waals surface area (Å²) in [5.74, 6) is 0.143. The van der Waals surface area contributed by atoms with E-state index in [1.807, 2.05) is 0 Å². The first-order chi connectivity index (χ1) is 9.29. The summed E-state index contributed by atoms with van der Waals surface area (Å²) >= 11 is 0. The number of piperidine rings is 1. The molecule has 0 bridgehead atoms. The van der Waals surface area contributed by atoms with Gasteiger partial charge in [0.1, 0.15) is 5.78 Å². The molecule has 0 atom stereocenters. The molecule has 7 nitrogen and oxygen atoms in total. The molecule has 108 valence electrons. The molecular formula is C12H14N2O5S. The highest BCUT2D eigenvalue weighted by Crippen LogP contribution is 2.30. The highest BCUT2D eigenvalue weighted by atomic mass is 32.2. The molecule has 0 saturated carbocycles. The summed E-state index contributed by atoms with van der Waals surface area (Å²) in [5.41, 5.74) is 0.160. The van der Waals surface area contributed by atoms with E-state index < -0.39 is 14.8 Å². The summed E-state index contributed by atoms with van der Waals surface area (Å²) in [6, 6.07) is 3.78. The van der Waals surface area contributed by atoms with Gasteiger partial charge in [-0.2, -0.15) is 0 Å². The normalized spacial score (nSPS) is 16.2. The van der Waals surface area contributed by atoms with Crippen molar-refractivity contribution in [3.05, 3.63) is 28.3 Å². The van der Waals surface area contributed by atoms with Crippen molar-refractivity contribution in [1.82, 2.24) is 0 Å². The zero-order chi connectivity index (χ0) is 14.9. The number of carbonyl (C=O) groups is 1. The summed E-state index contributed by atoms with van der Waals surface area (Å²) in [6.07, 6.45) is 1.74. The third kappa shape index (κ3) is 2.96. The van der Waals surface area contributed by atoms with Gasteiger partial charge in [0.25, 0.3) is 5.69 Å². The Labute approximate surface area is 116 Å². The number of anilines is 1. The van der Waals surface area contributed by atoms with Gasteiger partial charge in [0.05, 0.1) is 15.5 Å². The average molecular weight is 298 g/mol. The number of nitro benzene ring substituents is 1. The van der Waals surface area contributed by atoms with Crippen molar-refractivity contribution in [2.45, 2.75) is 17.7 Å². The fraction of sp³-hybridized carbons (Fsp3) is 0.417. The molecule has 1 saturated heterocycles. The van der Waals surface area contributed by atoms with Crippen LogP contribution in [-0.4, -0.2) is 38.5 Å². The van der Waals surface area contributed by atoms with Crippen molar-refractivity contribution in [3.63, 3.8) is 0 Å². The first-order valence-electron chi connectivity index (χ1n) is 6.04. The lowest BCUT2D eigenvalue weighted by Crippen LogP contribution is -2.34. The monoisotopic (exact) mass is 298 g/mol. The second-order valence-electron chi connectivity index (χ2n) is 4.71. The molecule has 0 unspecified atom stereocenters. The molecule has 20 heavy (non-hydrogen) atoms. The molecular weight excluding hydrogens is 284 g/mol. The van der Waals surface area contributed by atoms with E-state index in [9.17, 15) is 23.3 Å². The fourth-order valence-corrected chi connectivity index (χ4v) is 3.08. The van der Waals surface area contributed by atoms with Gasteiger partial charge < -0.3 is 4.90 Å². The number of nitrogens with zero attached hydrogens (tertiary/aromatic N) is 2. The number of sulfone groups is 1. The SMILES string of the molecule is CS(=O)(=O)c1cc([N+](=O)[O-])ccc1N1CCC(=O)CC1. The second-order valence-corrected chi connectivity index (χ2v) is 6.69. The first-order valence-corrected chi connectivity index (χ1v) is 7.93. The van der Waals surface area contributed by atoms with Crippen LogP contribution in [0.2, 0.25) is 0 Å². The van der Waals surface area contributed by atoms with Gasteiger partial charge in [0.15, 0.2) is 9.84 Å². The minimum Gasteiger partial charge on any atom is -0.370 e. The number of hydrogen-bond donors (Lipinski definition) is 0. The number of ketones is 1. The molecule has 0 spiro atoms. The maximum absolute atomic E-state index is 11.8.